The first-order valence-corrected chi connectivity index (χ1v) is 8.00. The predicted octanol–water partition coefficient (Wildman–Crippen LogP) is 2.93. The maximum Gasteiger partial charge on any atom is 0.453 e. The SMILES string of the molecule is CC1(C)C[C@@H]2C[C@@](C)(CN2C(=O)NCc2nc(C(F)(F)F)n[nH]2)C1. The van der Waals surface area contributed by atoms with Gasteiger partial charge in [-0.25, -0.2) is 9.78 Å². The summed E-state index contributed by atoms with van der Waals surface area (Å²) in [6, 6.07) is -0.0782. The Balaban J connectivity index is 1.61. The lowest BCUT2D eigenvalue weighted by Gasteiger charge is -2.39. The van der Waals surface area contributed by atoms with Gasteiger partial charge in [-0.15, -0.1) is 5.10 Å². The number of halogens is 3. The fourth-order valence-electron chi connectivity index (χ4n) is 4.46. The Morgan fingerprint density at radius 2 is 2.08 bits per heavy atom. The van der Waals surface area contributed by atoms with Gasteiger partial charge in [0.1, 0.15) is 5.82 Å². The van der Waals surface area contributed by atoms with Gasteiger partial charge < -0.3 is 10.2 Å². The van der Waals surface area contributed by atoms with Crippen LogP contribution in [0, 0.1) is 10.8 Å². The van der Waals surface area contributed by atoms with Crippen molar-refractivity contribution in [1.82, 2.24) is 25.4 Å². The standard InChI is InChI=1S/C15H22F3N5O/c1-13(2)4-9-5-14(3,7-13)8-23(9)12(24)19-6-10-20-11(22-21-10)15(16,17)18/h9H,4-8H2,1-3H3,(H,19,24)(H,20,21,22)/t9-,14-/m1/s1. The van der Waals surface area contributed by atoms with E-state index in [9.17, 15) is 18.0 Å². The van der Waals surface area contributed by atoms with E-state index in [1.165, 1.54) is 0 Å². The molecule has 24 heavy (non-hydrogen) atoms. The number of hydrogen-bond acceptors (Lipinski definition) is 3. The molecule has 2 bridgehead atoms. The lowest BCUT2D eigenvalue weighted by molar-refractivity contribution is -0.144. The first-order valence-electron chi connectivity index (χ1n) is 8.00. The average molecular weight is 345 g/mol. The number of alkyl halides is 3. The summed E-state index contributed by atoms with van der Waals surface area (Å²) in [5.41, 5.74) is 0.304. The highest BCUT2D eigenvalue weighted by Gasteiger charge is 2.51. The van der Waals surface area contributed by atoms with Crippen LogP contribution in [0.15, 0.2) is 0 Å². The maximum atomic E-state index is 12.5. The normalized spacial score (nSPS) is 28.9. The summed E-state index contributed by atoms with van der Waals surface area (Å²) < 4.78 is 37.4. The molecule has 2 heterocycles. The molecule has 6 nitrogen and oxygen atoms in total. The lowest BCUT2D eigenvalue weighted by atomic mass is 9.65. The first kappa shape index (κ1) is 17.0. The number of hydrogen-bond donors (Lipinski definition) is 2. The van der Waals surface area contributed by atoms with Gasteiger partial charge in [0.05, 0.1) is 6.54 Å². The summed E-state index contributed by atoms with van der Waals surface area (Å²) in [5, 5.41) is 7.98. The van der Waals surface area contributed by atoms with Crippen LogP contribution in [-0.2, 0) is 12.7 Å². The van der Waals surface area contributed by atoms with Crippen molar-refractivity contribution in [3.63, 3.8) is 0 Å². The molecule has 9 heteroatoms. The van der Waals surface area contributed by atoms with Gasteiger partial charge in [-0.05, 0) is 30.1 Å². The number of fused-ring (bicyclic) bond motifs is 2. The van der Waals surface area contributed by atoms with E-state index < -0.39 is 12.0 Å². The molecule has 2 aliphatic rings. The minimum atomic E-state index is -4.59. The van der Waals surface area contributed by atoms with Gasteiger partial charge in [0.15, 0.2) is 0 Å². The number of amides is 2. The molecule has 3 rings (SSSR count). The molecule has 2 N–H and O–H groups in total. The zero-order valence-electron chi connectivity index (χ0n) is 14.0. The molecular weight excluding hydrogens is 323 g/mol. The molecule has 1 aliphatic heterocycles. The largest absolute Gasteiger partial charge is 0.453 e. The third kappa shape index (κ3) is 3.34. The Labute approximate surface area is 138 Å². The number of nitrogens with one attached hydrogen (secondary N) is 2. The molecule has 1 aliphatic carbocycles. The third-order valence-corrected chi connectivity index (χ3v) is 4.87. The number of likely N-dealkylation sites (tertiary alicyclic amines) is 1. The van der Waals surface area contributed by atoms with Crippen molar-refractivity contribution in [2.75, 3.05) is 6.54 Å². The molecule has 1 aromatic rings. The minimum Gasteiger partial charge on any atom is -0.331 e. The van der Waals surface area contributed by atoms with Crippen molar-refractivity contribution in [3.8, 4) is 0 Å². The quantitative estimate of drug-likeness (QED) is 0.865. The number of aromatic amines is 1. The van der Waals surface area contributed by atoms with Gasteiger partial charge in [-0.3, -0.25) is 5.10 Å². The highest BCUT2D eigenvalue weighted by molar-refractivity contribution is 5.75. The van der Waals surface area contributed by atoms with Crippen LogP contribution in [0.25, 0.3) is 0 Å². The number of H-pyrrole nitrogens is 1. The molecule has 134 valence electrons. The Bertz CT molecular complexity index is 641. The lowest BCUT2D eigenvalue weighted by Crippen LogP contribution is -2.43. The van der Waals surface area contributed by atoms with Crippen molar-refractivity contribution in [3.05, 3.63) is 11.6 Å². The molecule has 1 aromatic heterocycles. The molecule has 0 radical (unpaired) electrons. The van der Waals surface area contributed by atoms with Crippen molar-refractivity contribution in [2.45, 2.75) is 58.8 Å². The zero-order valence-corrected chi connectivity index (χ0v) is 14.0. The van der Waals surface area contributed by atoms with E-state index in [4.69, 9.17) is 0 Å². The van der Waals surface area contributed by atoms with Gasteiger partial charge in [0, 0.05) is 12.6 Å². The van der Waals surface area contributed by atoms with E-state index >= 15 is 0 Å². The number of carbonyl (C=O) groups is 1. The van der Waals surface area contributed by atoms with Crippen LogP contribution in [0.4, 0.5) is 18.0 Å². The molecular formula is C15H22F3N5O. The highest BCUT2D eigenvalue weighted by atomic mass is 19.4. The van der Waals surface area contributed by atoms with Gasteiger partial charge in [0.25, 0.3) is 5.82 Å². The van der Waals surface area contributed by atoms with Crippen molar-refractivity contribution < 1.29 is 18.0 Å². The summed E-state index contributed by atoms with van der Waals surface area (Å²) >= 11 is 0. The Hall–Kier alpha value is -1.80. The topological polar surface area (TPSA) is 73.9 Å². The van der Waals surface area contributed by atoms with Crippen LogP contribution in [0.3, 0.4) is 0 Å². The zero-order chi connectivity index (χ0) is 17.8. The monoisotopic (exact) mass is 345 g/mol. The molecule has 0 spiro atoms. The minimum absolute atomic E-state index is 0.00983. The number of urea groups is 1. The number of aromatic nitrogens is 3. The fourth-order valence-corrected chi connectivity index (χ4v) is 4.46. The predicted molar refractivity (Wildman–Crippen MR) is 79.9 cm³/mol. The second kappa shape index (κ2) is 5.35. The van der Waals surface area contributed by atoms with Gasteiger partial charge in [-0.1, -0.05) is 20.8 Å². The van der Waals surface area contributed by atoms with Gasteiger partial charge in [0.2, 0.25) is 0 Å². The van der Waals surface area contributed by atoms with E-state index in [-0.39, 0.29) is 35.3 Å². The maximum absolute atomic E-state index is 12.5. The van der Waals surface area contributed by atoms with Crippen LogP contribution >= 0.6 is 0 Å². The van der Waals surface area contributed by atoms with E-state index in [0.717, 1.165) is 19.3 Å². The smallest absolute Gasteiger partial charge is 0.331 e. The average Bonchev–Trinajstić information content (AvgIpc) is 2.97. The second-order valence-electron chi connectivity index (χ2n) is 8.10. The first-order chi connectivity index (χ1) is 11.0. The summed E-state index contributed by atoms with van der Waals surface area (Å²) in [7, 11) is 0. The van der Waals surface area contributed by atoms with E-state index in [1.807, 2.05) is 4.90 Å². The van der Waals surface area contributed by atoms with Crippen LogP contribution in [-0.4, -0.2) is 38.7 Å². The van der Waals surface area contributed by atoms with Crippen LogP contribution in [0.1, 0.15) is 51.7 Å². The second-order valence-corrected chi connectivity index (χ2v) is 8.10. The van der Waals surface area contributed by atoms with Gasteiger partial charge >= 0.3 is 12.2 Å². The molecule has 2 fully saturated rings. The summed E-state index contributed by atoms with van der Waals surface area (Å²) in [5.74, 6) is -1.23. The Morgan fingerprint density at radius 1 is 1.38 bits per heavy atom. The highest BCUT2D eigenvalue weighted by Crippen LogP contribution is 2.52. The van der Waals surface area contributed by atoms with Crippen LogP contribution in [0.5, 0.6) is 0 Å². The van der Waals surface area contributed by atoms with Gasteiger partial charge in [-0.2, -0.15) is 13.2 Å². The molecule has 0 aromatic carbocycles. The Morgan fingerprint density at radius 3 is 2.71 bits per heavy atom. The van der Waals surface area contributed by atoms with Crippen molar-refractivity contribution in [1.29, 1.82) is 0 Å². The van der Waals surface area contributed by atoms with Crippen LogP contribution in [0.2, 0.25) is 0 Å². The van der Waals surface area contributed by atoms with Crippen LogP contribution < -0.4 is 5.32 Å². The fraction of sp³-hybridized carbons (Fsp3) is 0.800. The van der Waals surface area contributed by atoms with Crippen molar-refractivity contribution >= 4 is 6.03 Å². The van der Waals surface area contributed by atoms with E-state index in [1.54, 1.807) is 0 Å². The van der Waals surface area contributed by atoms with Crippen molar-refractivity contribution in [2.24, 2.45) is 10.8 Å². The summed E-state index contributed by atoms with van der Waals surface area (Å²) in [4.78, 5) is 17.6. The third-order valence-electron chi connectivity index (χ3n) is 4.87. The number of carbonyl (C=O) groups excluding carboxylic acids is 1. The molecule has 2 amide bonds. The summed E-state index contributed by atoms with van der Waals surface area (Å²) in [6.07, 6.45) is -1.61. The van der Waals surface area contributed by atoms with E-state index in [2.05, 4.69) is 41.3 Å². The van der Waals surface area contributed by atoms with E-state index in [0.29, 0.717) is 6.54 Å². The molecule has 2 atom stereocenters. The molecule has 0 unspecified atom stereocenters. The number of rotatable bonds is 2. The summed E-state index contributed by atoms with van der Waals surface area (Å²) in [6.45, 7) is 7.20. The number of nitrogens with zero attached hydrogens (tertiary/aromatic N) is 3. The Kier molecular flexibility index (Phi) is 3.80. The molecule has 1 saturated carbocycles. The molecule has 1 saturated heterocycles.